The molecule has 1 aromatic carbocycles. The fourth-order valence-electron chi connectivity index (χ4n) is 5.11. The first-order valence-corrected chi connectivity index (χ1v) is 12.1. The maximum absolute atomic E-state index is 14.9. The molecule has 6 rings (SSSR count). The van der Waals surface area contributed by atoms with E-state index in [2.05, 4.69) is 38.3 Å². The van der Waals surface area contributed by atoms with E-state index in [-0.39, 0.29) is 30.5 Å². The number of nitrogens with zero attached hydrogens (tertiary/aromatic N) is 3. The van der Waals surface area contributed by atoms with Gasteiger partial charge in [0.05, 0.1) is 35.3 Å². The molecule has 178 valence electrons. The van der Waals surface area contributed by atoms with Crippen molar-refractivity contribution in [1.29, 1.82) is 0 Å². The molecule has 0 saturated carbocycles. The van der Waals surface area contributed by atoms with E-state index in [1.807, 2.05) is 12.1 Å². The fourth-order valence-corrected chi connectivity index (χ4v) is 5.33. The van der Waals surface area contributed by atoms with Crippen molar-refractivity contribution >= 4 is 34.2 Å². The molecular weight excluding hydrogens is 457 g/mol. The van der Waals surface area contributed by atoms with Crippen LogP contribution in [-0.4, -0.2) is 65.4 Å². The van der Waals surface area contributed by atoms with E-state index >= 15 is 0 Å². The molecule has 0 spiro atoms. The summed E-state index contributed by atoms with van der Waals surface area (Å²) in [6.07, 6.45) is 4.28. The predicted molar refractivity (Wildman–Crippen MR) is 130 cm³/mol. The number of benzene rings is 1. The van der Waals surface area contributed by atoms with E-state index in [0.717, 1.165) is 49.4 Å². The molecule has 0 bridgehead atoms. The van der Waals surface area contributed by atoms with Gasteiger partial charge in [-0.1, -0.05) is 29.8 Å². The van der Waals surface area contributed by atoms with E-state index in [9.17, 15) is 4.39 Å². The van der Waals surface area contributed by atoms with Gasteiger partial charge in [-0.3, -0.25) is 0 Å². The molecule has 3 atom stereocenters. The third kappa shape index (κ3) is 4.09. The Morgan fingerprint density at radius 2 is 2.18 bits per heavy atom. The molecule has 2 aromatic heterocycles. The molecule has 3 aromatic rings. The SMILES string of the molecule is CN1CCC=C(c2ccc(CNc3nc4nc(C5COC6CCOC65)[nH]c4cc3Cl)c(F)c2)C1. The van der Waals surface area contributed by atoms with Crippen LogP contribution in [0.1, 0.15) is 35.7 Å². The quantitative estimate of drug-likeness (QED) is 0.562. The number of aromatic nitrogens is 3. The molecule has 7 nitrogen and oxygen atoms in total. The van der Waals surface area contributed by atoms with Gasteiger partial charge in [-0.2, -0.15) is 0 Å². The van der Waals surface area contributed by atoms with E-state index in [0.29, 0.717) is 28.7 Å². The number of ether oxygens (including phenoxy) is 2. The molecule has 3 unspecified atom stereocenters. The number of fused-ring (bicyclic) bond motifs is 2. The summed E-state index contributed by atoms with van der Waals surface area (Å²) in [6.45, 7) is 3.44. The van der Waals surface area contributed by atoms with Crippen LogP contribution in [0, 0.1) is 5.82 Å². The number of nitrogens with one attached hydrogen (secondary N) is 2. The minimum atomic E-state index is -0.245. The summed E-state index contributed by atoms with van der Waals surface area (Å²) >= 11 is 6.48. The first kappa shape index (κ1) is 22.0. The van der Waals surface area contributed by atoms with Gasteiger partial charge in [-0.05, 0) is 43.2 Å². The van der Waals surface area contributed by atoms with Gasteiger partial charge in [0.1, 0.15) is 17.5 Å². The minimum Gasteiger partial charge on any atom is -0.375 e. The van der Waals surface area contributed by atoms with Crippen molar-refractivity contribution in [2.45, 2.75) is 37.5 Å². The van der Waals surface area contributed by atoms with E-state index in [4.69, 9.17) is 21.1 Å². The van der Waals surface area contributed by atoms with E-state index < -0.39 is 0 Å². The van der Waals surface area contributed by atoms with Crippen LogP contribution in [0.4, 0.5) is 10.2 Å². The van der Waals surface area contributed by atoms with Gasteiger partial charge in [-0.25, -0.2) is 14.4 Å². The molecule has 0 radical (unpaired) electrons. The summed E-state index contributed by atoms with van der Waals surface area (Å²) in [5.41, 5.74) is 3.97. The molecule has 0 aliphatic carbocycles. The maximum Gasteiger partial charge on any atom is 0.179 e. The van der Waals surface area contributed by atoms with Gasteiger partial charge >= 0.3 is 0 Å². The average molecular weight is 484 g/mol. The highest BCUT2D eigenvalue weighted by Crippen LogP contribution is 2.37. The van der Waals surface area contributed by atoms with Crippen molar-refractivity contribution in [2.24, 2.45) is 0 Å². The number of halogens is 2. The first-order chi connectivity index (χ1) is 16.5. The Balaban J connectivity index is 1.18. The topological polar surface area (TPSA) is 75.3 Å². The van der Waals surface area contributed by atoms with Crippen molar-refractivity contribution in [3.8, 4) is 0 Å². The highest BCUT2D eigenvalue weighted by molar-refractivity contribution is 6.33. The molecule has 2 saturated heterocycles. The van der Waals surface area contributed by atoms with Crippen LogP contribution >= 0.6 is 11.6 Å². The number of hydrogen-bond acceptors (Lipinski definition) is 6. The second-order valence-corrected chi connectivity index (χ2v) is 9.74. The predicted octanol–water partition coefficient (Wildman–Crippen LogP) is 4.35. The summed E-state index contributed by atoms with van der Waals surface area (Å²) in [5.74, 6) is 1.09. The largest absolute Gasteiger partial charge is 0.375 e. The lowest BCUT2D eigenvalue weighted by atomic mass is 10.00. The van der Waals surface area contributed by atoms with E-state index in [1.54, 1.807) is 12.1 Å². The zero-order valence-electron chi connectivity index (χ0n) is 19.0. The third-order valence-corrected chi connectivity index (χ3v) is 7.26. The standard InChI is InChI=1S/C25H27ClFN5O2/c1-32-7-2-3-16(12-32)14-4-5-15(19(27)9-14)11-28-24-18(26)10-20-25(31-24)30-23(29-20)17-13-34-21-6-8-33-22(17)21/h3-5,9-10,17,21-22H,2,6-8,11-13H2,1H3,(H2,28,29,30,31). The molecule has 2 N–H and O–H groups in total. The zero-order chi connectivity index (χ0) is 23.2. The fraction of sp³-hybridized carbons (Fsp3) is 0.440. The summed E-state index contributed by atoms with van der Waals surface area (Å²) < 4.78 is 26.6. The lowest BCUT2D eigenvalue weighted by Crippen LogP contribution is -2.24. The third-order valence-electron chi connectivity index (χ3n) is 6.97. The van der Waals surface area contributed by atoms with Gasteiger partial charge in [0, 0.05) is 31.8 Å². The first-order valence-electron chi connectivity index (χ1n) is 11.7. The number of imidazole rings is 1. The van der Waals surface area contributed by atoms with Crippen LogP contribution < -0.4 is 5.32 Å². The summed E-state index contributed by atoms with van der Waals surface area (Å²) in [6, 6.07) is 7.22. The molecule has 3 aliphatic heterocycles. The zero-order valence-corrected chi connectivity index (χ0v) is 19.7. The second kappa shape index (κ2) is 8.92. The molecular formula is C25H27ClFN5O2. The number of aromatic amines is 1. The number of H-pyrrole nitrogens is 1. The Morgan fingerprint density at radius 1 is 1.26 bits per heavy atom. The van der Waals surface area contributed by atoms with Gasteiger partial charge < -0.3 is 24.7 Å². The Bertz CT molecular complexity index is 1260. The van der Waals surface area contributed by atoms with Crippen molar-refractivity contribution in [2.75, 3.05) is 38.7 Å². The highest BCUT2D eigenvalue weighted by atomic mass is 35.5. The number of anilines is 1. The van der Waals surface area contributed by atoms with Gasteiger partial charge in [-0.15, -0.1) is 0 Å². The number of hydrogen-bond donors (Lipinski definition) is 2. The Morgan fingerprint density at radius 3 is 3.03 bits per heavy atom. The lowest BCUT2D eigenvalue weighted by Gasteiger charge is -2.23. The number of rotatable bonds is 5. The molecule has 34 heavy (non-hydrogen) atoms. The number of pyridine rings is 1. The smallest absolute Gasteiger partial charge is 0.179 e. The Labute approximate surface area is 202 Å². The second-order valence-electron chi connectivity index (χ2n) is 9.33. The summed E-state index contributed by atoms with van der Waals surface area (Å²) in [7, 11) is 2.08. The van der Waals surface area contributed by atoms with Crippen LogP contribution in [-0.2, 0) is 16.0 Å². The molecule has 5 heterocycles. The van der Waals surface area contributed by atoms with Crippen molar-refractivity contribution in [1.82, 2.24) is 19.9 Å². The summed E-state index contributed by atoms with van der Waals surface area (Å²) in [4.78, 5) is 14.9. The summed E-state index contributed by atoms with van der Waals surface area (Å²) in [5, 5.41) is 3.63. The molecule has 0 amide bonds. The maximum atomic E-state index is 14.9. The van der Waals surface area contributed by atoms with E-state index in [1.165, 1.54) is 5.57 Å². The minimum absolute atomic E-state index is 0.0318. The van der Waals surface area contributed by atoms with Gasteiger partial charge in [0.15, 0.2) is 5.65 Å². The molecule has 3 aliphatic rings. The van der Waals surface area contributed by atoms with Crippen molar-refractivity contribution < 1.29 is 13.9 Å². The van der Waals surface area contributed by atoms with Gasteiger partial charge in [0.2, 0.25) is 0 Å². The van der Waals surface area contributed by atoms with Gasteiger partial charge in [0.25, 0.3) is 0 Å². The Kier molecular flexibility index (Phi) is 5.77. The van der Waals surface area contributed by atoms with Crippen LogP contribution in [0.15, 0.2) is 30.3 Å². The van der Waals surface area contributed by atoms with Crippen LogP contribution in [0.5, 0.6) is 0 Å². The van der Waals surface area contributed by atoms with Crippen LogP contribution in [0.3, 0.4) is 0 Å². The normalized spacial score (nSPS) is 25.0. The monoisotopic (exact) mass is 483 g/mol. The molecule has 2 fully saturated rings. The Hall–Kier alpha value is -2.52. The number of likely N-dealkylation sites (N-methyl/N-ethyl adjacent to an activating group) is 1. The lowest BCUT2D eigenvalue weighted by molar-refractivity contribution is 0.0701. The van der Waals surface area contributed by atoms with Crippen molar-refractivity contribution in [3.05, 3.63) is 58.1 Å². The average Bonchev–Trinajstić information content (AvgIpc) is 3.53. The van der Waals surface area contributed by atoms with Crippen molar-refractivity contribution in [3.63, 3.8) is 0 Å². The van der Waals surface area contributed by atoms with Crippen LogP contribution in [0.25, 0.3) is 16.7 Å². The highest BCUT2D eigenvalue weighted by Gasteiger charge is 2.43. The molecule has 9 heteroatoms. The van der Waals surface area contributed by atoms with Crippen LogP contribution in [0.2, 0.25) is 5.02 Å².